The van der Waals surface area contributed by atoms with Crippen molar-refractivity contribution >= 4 is 16.9 Å². The lowest BCUT2D eigenvalue weighted by atomic mass is 9.88. The molecule has 2 atom stereocenters. The molecule has 1 saturated heterocycles. The summed E-state index contributed by atoms with van der Waals surface area (Å²) in [6.07, 6.45) is 1.99. The minimum atomic E-state index is 0.0486. The summed E-state index contributed by atoms with van der Waals surface area (Å²) >= 11 is 1.32. The quantitative estimate of drug-likeness (QED) is 0.832. The highest BCUT2D eigenvalue weighted by atomic mass is 32.2. The first-order chi connectivity index (χ1) is 8.68. The molecule has 1 aliphatic heterocycles. The van der Waals surface area contributed by atoms with Gasteiger partial charge in [0.05, 0.1) is 18.0 Å². The molecule has 0 radical (unpaired) electrons. The molecule has 1 heterocycles. The Morgan fingerprint density at radius 3 is 2.72 bits per heavy atom. The highest BCUT2D eigenvalue weighted by molar-refractivity contribution is 8.13. The van der Waals surface area contributed by atoms with Crippen molar-refractivity contribution in [1.82, 2.24) is 0 Å². The van der Waals surface area contributed by atoms with E-state index in [-0.39, 0.29) is 12.0 Å². The summed E-state index contributed by atoms with van der Waals surface area (Å²) in [5, 5.41) is 0.300. The van der Waals surface area contributed by atoms with E-state index in [0.29, 0.717) is 17.0 Å². The third-order valence-corrected chi connectivity index (χ3v) is 4.25. The summed E-state index contributed by atoms with van der Waals surface area (Å²) in [4.78, 5) is 11.9. The van der Waals surface area contributed by atoms with Crippen molar-refractivity contribution in [2.45, 2.75) is 32.8 Å². The number of ether oxygens (including phenoxy) is 1. The van der Waals surface area contributed by atoms with Gasteiger partial charge in [0, 0.05) is 0 Å². The predicted molar refractivity (Wildman–Crippen MR) is 75.4 cm³/mol. The molecule has 0 aliphatic carbocycles. The van der Waals surface area contributed by atoms with Gasteiger partial charge in [0.15, 0.2) is 5.12 Å². The Kier molecular flexibility index (Phi) is 4.84. The van der Waals surface area contributed by atoms with E-state index >= 15 is 0 Å². The fourth-order valence-electron chi connectivity index (χ4n) is 2.45. The molecule has 1 aliphatic rings. The first-order valence-electron chi connectivity index (χ1n) is 6.50. The second kappa shape index (κ2) is 6.39. The minimum absolute atomic E-state index is 0.0486. The van der Waals surface area contributed by atoms with Crippen molar-refractivity contribution in [3.05, 3.63) is 35.9 Å². The molecule has 18 heavy (non-hydrogen) atoms. The Bertz CT molecular complexity index is 389. The van der Waals surface area contributed by atoms with Crippen molar-refractivity contribution in [2.75, 3.05) is 5.94 Å². The lowest BCUT2D eigenvalue weighted by Crippen LogP contribution is -2.37. The van der Waals surface area contributed by atoms with Gasteiger partial charge in [-0.3, -0.25) is 4.79 Å². The van der Waals surface area contributed by atoms with Crippen LogP contribution in [0.3, 0.4) is 0 Å². The maximum Gasteiger partial charge on any atom is 0.197 e. The van der Waals surface area contributed by atoms with Crippen LogP contribution in [0.1, 0.15) is 25.8 Å². The van der Waals surface area contributed by atoms with Gasteiger partial charge in [0.2, 0.25) is 0 Å². The van der Waals surface area contributed by atoms with Gasteiger partial charge in [0.1, 0.15) is 0 Å². The van der Waals surface area contributed by atoms with Crippen LogP contribution < -0.4 is 0 Å². The van der Waals surface area contributed by atoms with Crippen LogP contribution >= 0.6 is 11.8 Å². The number of rotatable bonds is 4. The second-order valence-corrected chi connectivity index (χ2v) is 6.01. The standard InChI is InChI=1S/C15H20O2S/c1-11(2)14-13(17-10-18-15(14)16)9-8-12-6-4-3-5-7-12/h3-7,11,13-14H,8-10H2,1-2H3/t13-,14+/m0/s1. The lowest BCUT2D eigenvalue weighted by Gasteiger charge is -2.32. The maximum absolute atomic E-state index is 11.9. The molecule has 0 bridgehead atoms. The van der Waals surface area contributed by atoms with E-state index in [2.05, 4.69) is 38.1 Å². The smallest absolute Gasteiger partial charge is 0.197 e. The normalized spacial score (nSPS) is 24.5. The van der Waals surface area contributed by atoms with Crippen LogP contribution in [0.15, 0.2) is 30.3 Å². The molecule has 98 valence electrons. The van der Waals surface area contributed by atoms with Crippen molar-refractivity contribution < 1.29 is 9.53 Å². The second-order valence-electron chi connectivity index (χ2n) is 5.08. The first-order valence-corrected chi connectivity index (χ1v) is 7.49. The topological polar surface area (TPSA) is 26.3 Å². The Balaban J connectivity index is 1.96. The van der Waals surface area contributed by atoms with Gasteiger partial charge in [-0.25, -0.2) is 0 Å². The van der Waals surface area contributed by atoms with E-state index in [1.54, 1.807) is 0 Å². The van der Waals surface area contributed by atoms with Gasteiger partial charge in [0.25, 0.3) is 0 Å². The number of aryl methyl sites for hydroxylation is 1. The monoisotopic (exact) mass is 264 g/mol. The third-order valence-electron chi connectivity index (χ3n) is 3.43. The predicted octanol–water partition coefficient (Wildman–Crippen LogP) is 3.51. The molecule has 1 aromatic carbocycles. The Labute approximate surface area is 113 Å². The van der Waals surface area contributed by atoms with Crippen LogP contribution in [0.4, 0.5) is 0 Å². The molecule has 1 aromatic rings. The number of hydrogen-bond donors (Lipinski definition) is 0. The Hall–Kier alpha value is -0.800. The summed E-state index contributed by atoms with van der Waals surface area (Å²) < 4.78 is 5.79. The van der Waals surface area contributed by atoms with Gasteiger partial charge in [-0.2, -0.15) is 0 Å². The number of benzene rings is 1. The molecule has 2 nitrogen and oxygen atoms in total. The van der Waals surface area contributed by atoms with Gasteiger partial charge >= 0.3 is 0 Å². The molecular formula is C15H20O2S. The number of carbonyl (C=O) groups excluding carboxylic acids is 1. The summed E-state index contributed by atoms with van der Waals surface area (Å²) in [5.74, 6) is 0.917. The molecule has 0 spiro atoms. The zero-order chi connectivity index (χ0) is 13.0. The summed E-state index contributed by atoms with van der Waals surface area (Å²) in [5.41, 5.74) is 1.31. The minimum Gasteiger partial charge on any atom is -0.366 e. The molecule has 0 aromatic heterocycles. The molecule has 2 rings (SSSR count). The fourth-order valence-corrected chi connectivity index (χ4v) is 3.42. The molecule has 0 N–H and O–H groups in total. The molecule has 1 fully saturated rings. The first kappa shape index (κ1) is 13.6. The number of carbonyl (C=O) groups is 1. The van der Waals surface area contributed by atoms with Gasteiger partial charge in [-0.15, -0.1) is 0 Å². The summed E-state index contributed by atoms with van der Waals surface area (Å²) in [7, 11) is 0. The zero-order valence-corrected chi connectivity index (χ0v) is 11.8. The van der Waals surface area contributed by atoms with Gasteiger partial charge < -0.3 is 4.74 Å². The van der Waals surface area contributed by atoms with Crippen molar-refractivity contribution in [1.29, 1.82) is 0 Å². The van der Waals surface area contributed by atoms with Crippen molar-refractivity contribution in [2.24, 2.45) is 11.8 Å². The number of hydrogen-bond acceptors (Lipinski definition) is 3. The lowest BCUT2D eigenvalue weighted by molar-refractivity contribution is -0.123. The zero-order valence-electron chi connectivity index (χ0n) is 11.0. The van der Waals surface area contributed by atoms with Crippen LogP contribution in [0, 0.1) is 11.8 Å². The average Bonchev–Trinajstić information content (AvgIpc) is 2.37. The van der Waals surface area contributed by atoms with Crippen LogP contribution in [-0.4, -0.2) is 17.2 Å². The number of thioether (sulfide) groups is 1. The van der Waals surface area contributed by atoms with E-state index in [4.69, 9.17) is 4.74 Å². The van der Waals surface area contributed by atoms with E-state index < -0.39 is 0 Å². The third kappa shape index (κ3) is 3.36. The van der Waals surface area contributed by atoms with Gasteiger partial charge in [-0.05, 0) is 24.3 Å². The summed E-state index contributed by atoms with van der Waals surface area (Å²) in [6.45, 7) is 4.21. The molecular weight excluding hydrogens is 244 g/mol. The molecule has 0 unspecified atom stereocenters. The summed E-state index contributed by atoms with van der Waals surface area (Å²) in [6, 6.07) is 10.4. The van der Waals surface area contributed by atoms with E-state index in [1.807, 2.05) is 6.07 Å². The highest BCUT2D eigenvalue weighted by Crippen LogP contribution is 2.32. The van der Waals surface area contributed by atoms with E-state index in [0.717, 1.165) is 12.8 Å². The Morgan fingerprint density at radius 2 is 2.06 bits per heavy atom. The van der Waals surface area contributed by atoms with Crippen LogP contribution in [0.25, 0.3) is 0 Å². The SMILES string of the molecule is CC(C)[C@H]1C(=O)SCO[C@H]1CCc1ccccc1. The van der Waals surface area contributed by atoms with E-state index in [1.165, 1.54) is 17.3 Å². The van der Waals surface area contributed by atoms with Crippen molar-refractivity contribution in [3.8, 4) is 0 Å². The fraction of sp³-hybridized carbons (Fsp3) is 0.533. The molecule has 3 heteroatoms. The van der Waals surface area contributed by atoms with Gasteiger partial charge in [-0.1, -0.05) is 55.9 Å². The van der Waals surface area contributed by atoms with E-state index in [9.17, 15) is 4.79 Å². The molecule has 0 saturated carbocycles. The van der Waals surface area contributed by atoms with Crippen LogP contribution in [-0.2, 0) is 16.0 Å². The largest absolute Gasteiger partial charge is 0.366 e. The van der Waals surface area contributed by atoms with Crippen LogP contribution in [0.5, 0.6) is 0 Å². The average molecular weight is 264 g/mol. The molecule has 0 amide bonds. The van der Waals surface area contributed by atoms with Crippen molar-refractivity contribution in [3.63, 3.8) is 0 Å². The highest BCUT2D eigenvalue weighted by Gasteiger charge is 2.35. The Morgan fingerprint density at radius 1 is 1.33 bits per heavy atom. The maximum atomic E-state index is 11.9. The van der Waals surface area contributed by atoms with Crippen LogP contribution in [0.2, 0.25) is 0 Å².